The van der Waals surface area contributed by atoms with Crippen molar-refractivity contribution in [2.75, 3.05) is 32.7 Å². The van der Waals surface area contributed by atoms with Crippen LogP contribution in [0.1, 0.15) is 39.0 Å². The molecule has 0 aliphatic carbocycles. The van der Waals surface area contributed by atoms with Gasteiger partial charge in [-0.05, 0) is 18.6 Å². The maximum absolute atomic E-state index is 10.2. The number of hydrogen-bond donors (Lipinski definition) is 3. The van der Waals surface area contributed by atoms with Crippen LogP contribution in [0.3, 0.4) is 0 Å². The molecule has 0 spiro atoms. The standard InChI is InChI=1S/C18H29ClN2O.2ClH/c1-2-3-4-5-9-18(22)15-20-10-12-21(13-11-20)17-8-6-7-16(19)14-17;;/h6-8,14,18,22H,2-5,9-13,15H2,1H3;2*1H. The largest absolute Gasteiger partial charge is 1.00 e. The molecule has 1 saturated heterocycles. The Morgan fingerprint density at radius 3 is 2.42 bits per heavy atom. The number of halogens is 3. The lowest BCUT2D eigenvalue weighted by molar-refractivity contribution is -0.988. The highest BCUT2D eigenvalue weighted by Crippen LogP contribution is 2.11. The van der Waals surface area contributed by atoms with E-state index in [4.69, 9.17) is 11.6 Å². The zero-order valence-corrected chi connectivity index (χ0v) is 16.8. The quantitative estimate of drug-likeness (QED) is 0.377. The van der Waals surface area contributed by atoms with Crippen LogP contribution in [-0.2, 0) is 0 Å². The number of rotatable bonds is 8. The van der Waals surface area contributed by atoms with Crippen molar-refractivity contribution in [2.45, 2.75) is 45.1 Å². The van der Waals surface area contributed by atoms with Crippen molar-refractivity contribution in [3.8, 4) is 0 Å². The van der Waals surface area contributed by atoms with Crippen LogP contribution in [0.2, 0.25) is 5.02 Å². The van der Waals surface area contributed by atoms with E-state index >= 15 is 0 Å². The van der Waals surface area contributed by atoms with Crippen LogP contribution in [0.4, 0.5) is 5.69 Å². The van der Waals surface area contributed by atoms with Gasteiger partial charge in [-0.15, -0.1) is 0 Å². The molecule has 2 rings (SSSR count). The number of nitrogens with one attached hydrogen (secondary N) is 2. The summed E-state index contributed by atoms with van der Waals surface area (Å²) < 4.78 is 0. The smallest absolute Gasteiger partial charge is 0.133 e. The van der Waals surface area contributed by atoms with Crippen LogP contribution in [-0.4, -0.2) is 43.9 Å². The Balaban J connectivity index is 0.00000264. The van der Waals surface area contributed by atoms with Gasteiger partial charge in [0.15, 0.2) is 0 Å². The molecule has 0 radical (unpaired) electrons. The number of piperazine rings is 1. The van der Waals surface area contributed by atoms with Gasteiger partial charge in [-0.25, -0.2) is 0 Å². The van der Waals surface area contributed by atoms with E-state index in [1.165, 1.54) is 36.3 Å². The molecule has 0 amide bonds. The molecule has 1 fully saturated rings. The molecular weight excluding hydrogens is 367 g/mol. The Morgan fingerprint density at radius 1 is 1.08 bits per heavy atom. The lowest BCUT2D eigenvalue weighted by Crippen LogP contribution is -3.26. The lowest BCUT2D eigenvalue weighted by Gasteiger charge is -2.30. The first kappa shape index (κ1) is 24.0. The van der Waals surface area contributed by atoms with Crippen molar-refractivity contribution in [3.05, 3.63) is 29.3 Å². The summed E-state index contributed by atoms with van der Waals surface area (Å²) in [5, 5.41) is 11.0. The lowest BCUT2D eigenvalue weighted by atomic mass is 10.1. The van der Waals surface area contributed by atoms with Crippen molar-refractivity contribution in [1.82, 2.24) is 0 Å². The Bertz CT molecular complexity index is 440. The average Bonchev–Trinajstić information content (AvgIpc) is 2.52. The van der Waals surface area contributed by atoms with Crippen molar-refractivity contribution in [3.63, 3.8) is 0 Å². The van der Waals surface area contributed by atoms with Crippen LogP contribution in [0.5, 0.6) is 0 Å². The van der Waals surface area contributed by atoms with Crippen molar-refractivity contribution >= 4 is 17.3 Å². The van der Waals surface area contributed by atoms with E-state index in [2.05, 4.69) is 19.1 Å². The van der Waals surface area contributed by atoms with Gasteiger partial charge in [0.1, 0.15) is 44.5 Å². The molecule has 24 heavy (non-hydrogen) atoms. The molecule has 3 nitrogen and oxygen atoms in total. The molecule has 6 heteroatoms. The van der Waals surface area contributed by atoms with Crippen molar-refractivity contribution < 1.29 is 39.7 Å². The summed E-state index contributed by atoms with van der Waals surface area (Å²) in [7, 11) is 0. The summed E-state index contributed by atoms with van der Waals surface area (Å²) in [5.41, 5.74) is 1.30. The van der Waals surface area contributed by atoms with Gasteiger partial charge in [0, 0.05) is 11.1 Å². The Kier molecular flexibility index (Phi) is 13.2. The topological polar surface area (TPSA) is 29.1 Å². The summed E-state index contributed by atoms with van der Waals surface area (Å²) in [6.07, 6.45) is 5.82. The molecular formula is C18H31Cl3N2O. The molecule has 0 aromatic heterocycles. The Hall–Kier alpha value is -0.0300. The van der Waals surface area contributed by atoms with Gasteiger partial charge in [0.05, 0.1) is 0 Å². The number of aliphatic hydroxyl groups is 1. The summed E-state index contributed by atoms with van der Waals surface area (Å²) in [4.78, 5) is 3.07. The highest BCUT2D eigenvalue weighted by molar-refractivity contribution is 6.30. The molecule has 0 bridgehead atoms. The minimum absolute atomic E-state index is 0. The normalized spacial score (nSPS) is 21.5. The van der Waals surface area contributed by atoms with E-state index in [1.807, 2.05) is 12.1 Å². The van der Waals surface area contributed by atoms with Gasteiger partial charge in [0.25, 0.3) is 0 Å². The van der Waals surface area contributed by atoms with E-state index in [9.17, 15) is 5.11 Å². The number of hydrogen-bond acceptors (Lipinski definition) is 1. The van der Waals surface area contributed by atoms with E-state index in [0.717, 1.165) is 44.2 Å². The fourth-order valence-electron chi connectivity index (χ4n) is 3.35. The highest BCUT2D eigenvalue weighted by Gasteiger charge is 2.26. The molecule has 1 aromatic carbocycles. The van der Waals surface area contributed by atoms with Crippen molar-refractivity contribution in [1.29, 1.82) is 0 Å². The van der Waals surface area contributed by atoms with E-state index in [-0.39, 0.29) is 30.9 Å². The fourth-order valence-corrected chi connectivity index (χ4v) is 3.54. The average molecular weight is 398 g/mol. The summed E-state index contributed by atoms with van der Waals surface area (Å²) >= 11 is 6.08. The predicted molar refractivity (Wildman–Crippen MR) is 92.1 cm³/mol. The first-order chi connectivity index (χ1) is 10.7. The monoisotopic (exact) mass is 396 g/mol. The summed E-state index contributed by atoms with van der Waals surface area (Å²) in [5.74, 6) is 0. The van der Waals surface area contributed by atoms with Crippen LogP contribution in [0, 0.1) is 0 Å². The number of benzene rings is 1. The van der Waals surface area contributed by atoms with Gasteiger partial charge < -0.3 is 34.8 Å². The first-order valence-electron chi connectivity index (χ1n) is 8.81. The molecule has 3 N–H and O–H groups in total. The van der Waals surface area contributed by atoms with Crippen LogP contribution < -0.4 is 34.6 Å². The molecule has 140 valence electrons. The van der Waals surface area contributed by atoms with Gasteiger partial charge in [-0.2, -0.15) is 0 Å². The van der Waals surface area contributed by atoms with Crippen LogP contribution >= 0.6 is 11.6 Å². The van der Waals surface area contributed by atoms with E-state index in [1.54, 1.807) is 4.90 Å². The predicted octanol–water partition coefficient (Wildman–Crippen LogP) is -4.91. The van der Waals surface area contributed by atoms with E-state index < -0.39 is 0 Å². The second-order valence-corrected chi connectivity index (χ2v) is 7.01. The van der Waals surface area contributed by atoms with Gasteiger partial charge >= 0.3 is 0 Å². The van der Waals surface area contributed by atoms with Crippen molar-refractivity contribution in [2.24, 2.45) is 0 Å². The minimum atomic E-state index is -0.125. The number of unbranched alkanes of at least 4 members (excludes halogenated alkanes) is 3. The third-order valence-electron chi connectivity index (χ3n) is 4.71. The number of quaternary nitrogens is 2. The Morgan fingerprint density at radius 2 is 1.79 bits per heavy atom. The molecule has 1 heterocycles. The SMILES string of the molecule is CCCCCCC(O)C[NH+]1CC[NH+](c2cccc(Cl)c2)CC1.[Cl-].[Cl-]. The highest BCUT2D eigenvalue weighted by atomic mass is 35.5. The molecule has 1 aliphatic heterocycles. The maximum Gasteiger partial charge on any atom is 0.133 e. The second kappa shape index (κ2) is 13.2. The van der Waals surface area contributed by atoms with Gasteiger partial charge in [-0.3, -0.25) is 4.90 Å². The molecule has 1 atom stereocenters. The second-order valence-electron chi connectivity index (χ2n) is 6.57. The molecule has 0 saturated carbocycles. The molecule has 1 aliphatic rings. The zero-order valence-electron chi connectivity index (χ0n) is 14.5. The summed E-state index contributed by atoms with van der Waals surface area (Å²) in [6, 6.07) is 8.20. The van der Waals surface area contributed by atoms with E-state index in [0.29, 0.717) is 0 Å². The first-order valence-corrected chi connectivity index (χ1v) is 9.19. The molecule has 1 unspecified atom stereocenters. The Labute approximate surface area is 164 Å². The molecule has 1 aromatic rings. The van der Waals surface area contributed by atoms with Crippen LogP contribution in [0.25, 0.3) is 0 Å². The van der Waals surface area contributed by atoms with Gasteiger partial charge in [-0.1, -0.05) is 50.3 Å². The van der Waals surface area contributed by atoms with Crippen LogP contribution in [0.15, 0.2) is 24.3 Å². The minimum Gasteiger partial charge on any atom is -1.00 e. The maximum atomic E-state index is 10.2. The third kappa shape index (κ3) is 8.37. The number of aliphatic hydroxyl groups excluding tert-OH is 1. The third-order valence-corrected chi connectivity index (χ3v) is 4.94. The summed E-state index contributed by atoms with van der Waals surface area (Å²) in [6.45, 7) is 7.65. The fraction of sp³-hybridized carbons (Fsp3) is 0.667. The zero-order chi connectivity index (χ0) is 15.8. The van der Waals surface area contributed by atoms with Gasteiger partial charge in [0.2, 0.25) is 0 Å².